The van der Waals surface area contributed by atoms with Gasteiger partial charge in [-0.05, 0) is 6.92 Å². The molecule has 18 heavy (non-hydrogen) atoms. The first-order valence-corrected chi connectivity index (χ1v) is 5.54. The first-order valence-electron chi connectivity index (χ1n) is 5.16. The van der Waals surface area contributed by atoms with Crippen LogP contribution in [0, 0.1) is 0 Å². The second-order valence-corrected chi connectivity index (χ2v) is 3.69. The maximum Gasteiger partial charge on any atom is 0.312 e. The van der Waals surface area contributed by atoms with Gasteiger partial charge in [-0.2, -0.15) is 0 Å². The van der Waals surface area contributed by atoms with E-state index >= 15 is 0 Å². The van der Waals surface area contributed by atoms with Gasteiger partial charge >= 0.3 is 5.97 Å². The highest BCUT2D eigenvalue weighted by Gasteiger charge is 2.20. The van der Waals surface area contributed by atoms with Crippen molar-refractivity contribution < 1.29 is 23.0 Å². The minimum Gasteiger partial charge on any atom is -0.495 e. The van der Waals surface area contributed by atoms with E-state index in [1.807, 2.05) is 0 Å². The summed E-state index contributed by atoms with van der Waals surface area (Å²) in [6.07, 6.45) is -3.06. The van der Waals surface area contributed by atoms with Crippen molar-refractivity contribution in [1.29, 1.82) is 0 Å². The number of carbonyl (C=O) groups is 1. The van der Waals surface area contributed by atoms with Crippen LogP contribution in [0.3, 0.4) is 0 Å². The van der Waals surface area contributed by atoms with Crippen LogP contribution in [0.15, 0.2) is 6.07 Å². The van der Waals surface area contributed by atoms with Crippen molar-refractivity contribution in [1.82, 2.24) is 4.98 Å². The Hall–Kier alpha value is -1.43. The minimum atomic E-state index is -2.82. The fourth-order valence-corrected chi connectivity index (χ4v) is 1.56. The molecule has 0 saturated carbocycles. The Bertz CT molecular complexity index is 441. The third-order valence-electron chi connectivity index (χ3n) is 2.09. The lowest BCUT2D eigenvalue weighted by molar-refractivity contribution is -0.142. The van der Waals surface area contributed by atoms with Crippen molar-refractivity contribution in [2.45, 2.75) is 19.8 Å². The number of methoxy groups -OCH3 is 1. The van der Waals surface area contributed by atoms with Crippen LogP contribution >= 0.6 is 11.6 Å². The van der Waals surface area contributed by atoms with Crippen molar-refractivity contribution in [3.8, 4) is 5.75 Å². The second-order valence-electron chi connectivity index (χ2n) is 3.29. The van der Waals surface area contributed by atoms with Gasteiger partial charge in [0.25, 0.3) is 6.43 Å². The molecule has 0 atom stereocenters. The molecule has 1 aromatic heterocycles. The summed E-state index contributed by atoms with van der Waals surface area (Å²) >= 11 is 5.63. The lowest BCUT2D eigenvalue weighted by Gasteiger charge is -2.10. The largest absolute Gasteiger partial charge is 0.495 e. The topological polar surface area (TPSA) is 48.4 Å². The molecule has 0 aromatic carbocycles. The van der Waals surface area contributed by atoms with Gasteiger partial charge in [-0.1, -0.05) is 11.6 Å². The number of pyridine rings is 1. The van der Waals surface area contributed by atoms with Crippen LogP contribution in [0.4, 0.5) is 8.78 Å². The van der Waals surface area contributed by atoms with Gasteiger partial charge in [0.2, 0.25) is 0 Å². The van der Waals surface area contributed by atoms with Crippen LogP contribution in [0.5, 0.6) is 5.75 Å². The number of esters is 1. The average molecular weight is 280 g/mol. The molecule has 0 amide bonds. The van der Waals surface area contributed by atoms with Crippen LogP contribution in [0.25, 0.3) is 0 Å². The Balaban J connectivity index is 3.08. The lowest BCUT2D eigenvalue weighted by Crippen LogP contribution is -2.11. The zero-order valence-corrected chi connectivity index (χ0v) is 10.6. The van der Waals surface area contributed by atoms with Crippen molar-refractivity contribution in [3.63, 3.8) is 0 Å². The molecule has 0 aliphatic rings. The number of nitrogens with zero attached hydrogens (tertiary/aromatic N) is 1. The molecule has 0 aliphatic carbocycles. The number of aromatic nitrogens is 1. The Labute approximate surface area is 108 Å². The van der Waals surface area contributed by atoms with E-state index in [0.29, 0.717) is 0 Å². The highest BCUT2D eigenvalue weighted by atomic mass is 35.5. The summed E-state index contributed by atoms with van der Waals surface area (Å²) in [6, 6.07) is 1.21. The van der Waals surface area contributed by atoms with Crippen molar-refractivity contribution in [2.75, 3.05) is 13.7 Å². The van der Waals surface area contributed by atoms with Gasteiger partial charge in [-0.3, -0.25) is 4.79 Å². The Morgan fingerprint density at radius 1 is 1.56 bits per heavy atom. The van der Waals surface area contributed by atoms with Gasteiger partial charge < -0.3 is 9.47 Å². The van der Waals surface area contributed by atoms with Gasteiger partial charge in [0.1, 0.15) is 11.4 Å². The maximum atomic E-state index is 12.6. The van der Waals surface area contributed by atoms with Crippen LogP contribution in [0.2, 0.25) is 5.02 Å². The number of hydrogen-bond donors (Lipinski definition) is 0. The number of alkyl halides is 2. The van der Waals surface area contributed by atoms with E-state index in [4.69, 9.17) is 21.1 Å². The highest BCUT2D eigenvalue weighted by molar-refractivity contribution is 6.31. The fraction of sp³-hybridized carbons (Fsp3) is 0.455. The third kappa shape index (κ3) is 3.53. The summed E-state index contributed by atoms with van der Waals surface area (Å²) < 4.78 is 34.9. The fourth-order valence-electron chi connectivity index (χ4n) is 1.33. The standard InChI is InChI=1S/C11H12ClF2NO3/c1-3-18-9(16)5-7-8(17-2)4-6(12)10(15-7)11(13)14/h4,11H,3,5H2,1-2H3. The molecule has 0 bridgehead atoms. The number of hydrogen-bond acceptors (Lipinski definition) is 4. The molecule has 7 heteroatoms. The average Bonchev–Trinajstić information content (AvgIpc) is 2.30. The first-order chi connectivity index (χ1) is 8.49. The molecule has 0 unspecified atom stereocenters. The van der Waals surface area contributed by atoms with Gasteiger partial charge in [-0.15, -0.1) is 0 Å². The molecule has 1 rings (SSSR count). The predicted octanol–water partition coefficient (Wildman–Crippen LogP) is 2.79. The third-order valence-corrected chi connectivity index (χ3v) is 2.39. The van der Waals surface area contributed by atoms with Crippen LogP contribution < -0.4 is 4.74 Å². The monoisotopic (exact) mass is 279 g/mol. The molecule has 0 spiro atoms. The molecule has 100 valence electrons. The van der Waals surface area contributed by atoms with Crippen LogP contribution in [-0.2, 0) is 16.0 Å². The van der Waals surface area contributed by atoms with E-state index in [1.54, 1.807) is 6.92 Å². The number of ether oxygens (including phenoxy) is 2. The van der Waals surface area contributed by atoms with Crippen LogP contribution in [0.1, 0.15) is 24.7 Å². The molecule has 1 heterocycles. The highest BCUT2D eigenvalue weighted by Crippen LogP contribution is 2.30. The molecule has 0 radical (unpaired) electrons. The summed E-state index contributed by atoms with van der Waals surface area (Å²) in [5, 5.41) is -0.200. The minimum absolute atomic E-state index is 0.0793. The van der Waals surface area contributed by atoms with Crippen molar-refractivity contribution in [3.05, 3.63) is 22.5 Å². The molecular weight excluding hydrogens is 268 g/mol. The smallest absolute Gasteiger partial charge is 0.312 e. The molecule has 0 aliphatic heterocycles. The summed E-state index contributed by atoms with van der Waals surface area (Å²) in [6.45, 7) is 1.85. The number of carbonyl (C=O) groups excluding carboxylic acids is 1. The van der Waals surface area contributed by atoms with E-state index in [1.165, 1.54) is 13.2 Å². The first kappa shape index (κ1) is 14.6. The molecule has 0 N–H and O–H groups in total. The second kappa shape index (κ2) is 6.49. The van der Waals surface area contributed by atoms with Crippen molar-refractivity contribution in [2.24, 2.45) is 0 Å². The van der Waals surface area contributed by atoms with Gasteiger partial charge in [0.15, 0.2) is 0 Å². The van der Waals surface area contributed by atoms with E-state index in [0.717, 1.165) is 0 Å². The summed E-state index contributed by atoms with van der Waals surface area (Å²) in [5.74, 6) is -0.386. The molecule has 0 saturated heterocycles. The summed E-state index contributed by atoms with van der Waals surface area (Å²) in [4.78, 5) is 15.0. The Kier molecular flexibility index (Phi) is 5.27. The quantitative estimate of drug-likeness (QED) is 0.778. The SMILES string of the molecule is CCOC(=O)Cc1nc(C(F)F)c(Cl)cc1OC. The van der Waals surface area contributed by atoms with E-state index in [2.05, 4.69) is 4.98 Å². The summed E-state index contributed by atoms with van der Waals surface area (Å²) in [5.41, 5.74) is -0.493. The van der Waals surface area contributed by atoms with E-state index in [-0.39, 0.29) is 29.5 Å². The Morgan fingerprint density at radius 3 is 2.72 bits per heavy atom. The summed E-state index contributed by atoms with van der Waals surface area (Å²) in [7, 11) is 1.34. The zero-order valence-electron chi connectivity index (χ0n) is 9.87. The van der Waals surface area contributed by atoms with Gasteiger partial charge in [0, 0.05) is 6.07 Å². The maximum absolute atomic E-state index is 12.6. The molecular formula is C11H12ClF2NO3. The number of halogens is 3. The predicted molar refractivity (Wildman–Crippen MR) is 61.1 cm³/mol. The molecule has 1 aromatic rings. The van der Waals surface area contributed by atoms with E-state index < -0.39 is 18.1 Å². The lowest BCUT2D eigenvalue weighted by atomic mass is 10.2. The van der Waals surface area contributed by atoms with Gasteiger partial charge in [-0.25, -0.2) is 13.8 Å². The Morgan fingerprint density at radius 2 is 2.22 bits per heavy atom. The van der Waals surface area contributed by atoms with E-state index in [9.17, 15) is 13.6 Å². The number of rotatable bonds is 5. The van der Waals surface area contributed by atoms with Gasteiger partial charge in [0.05, 0.1) is 30.9 Å². The van der Waals surface area contributed by atoms with Crippen LogP contribution in [-0.4, -0.2) is 24.7 Å². The molecule has 0 fully saturated rings. The molecule has 4 nitrogen and oxygen atoms in total. The van der Waals surface area contributed by atoms with Crippen molar-refractivity contribution >= 4 is 17.6 Å². The zero-order chi connectivity index (χ0) is 13.7. The normalized spacial score (nSPS) is 10.6.